The molecule has 3 aromatic rings. The number of fused-ring (bicyclic) bond motifs is 1. The minimum atomic E-state index is -0.104. The molecule has 2 aliphatic rings. The second-order valence-electron chi connectivity index (χ2n) is 9.09. The van der Waals surface area contributed by atoms with E-state index in [-0.39, 0.29) is 11.9 Å². The highest BCUT2D eigenvalue weighted by Crippen LogP contribution is 2.27. The summed E-state index contributed by atoms with van der Waals surface area (Å²) < 4.78 is 5.35. The number of urea groups is 1. The number of aromatic amines is 1. The highest BCUT2D eigenvalue weighted by molar-refractivity contribution is 5.94. The normalized spacial score (nSPS) is 16.6. The number of hydrogen-bond acceptors (Lipinski definition) is 5. The predicted octanol–water partition coefficient (Wildman–Crippen LogP) is 2.62. The molecule has 1 fully saturated rings. The first-order valence-electron chi connectivity index (χ1n) is 12.5. The number of nitrogens with one attached hydrogen (secondary N) is 3. The summed E-state index contributed by atoms with van der Waals surface area (Å²) in [6.45, 7) is 6.29. The van der Waals surface area contributed by atoms with E-state index in [9.17, 15) is 9.59 Å². The van der Waals surface area contributed by atoms with Crippen LogP contribution in [-0.2, 0) is 11.3 Å². The van der Waals surface area contributed by atoms with E-state index in [1.54, 1.807) is 11.0 Å². The van der Waals surface area contributed by atoms with Gasteiger partial charge in [0.05, 0.1) is 13.2 Å². The highest BCUT2D eigenvalue weighted by Gasteiger charge is 2.19. The number of pyridine rings is 1. The number of benzene rings is 1. The van der Waals surface area contributed by atoms with E-state index >= 15 is 0 Å². The van der Waals surface area contributed by atoms with E-state index < -0.39 is 0 Å². The van der Waals surface area contributed by atoms with E-state index in [2.05, 4.69) is 31.6 Å². The molecule has 0 bridgehead atoms. The van der Waals surface area contributed by atoms with Crippen LogP contribution in [0.4, 0.5) is 4.79 Å². The van der Waals surface area contributed by atoms with E-state index in [4.69, 9.17) is 4.74 Å². The van der Waals surface area contributed by atoms with Crippen molar-refractivity contribution in [1.29, 1.82) is 0 Å². The van der Waals surface area contributed by atoms with Gasteiger partial charge in [0.25, 0.3) is 5.91 Å². The fraction of sp³-hybridized carbons (Fsp3) is 0.370. The molecule has 1 aromatic carbocycles. The van der Waals surface area contributed by atoms with Crippen molar-refractivity contribution < 1.29 is 14.3 Å². The van der Waals surface area contributed by atoms with Gasteiger partial charge in [0.1, 0.15) is 5.65 Å². The number of carbonyl (C=O) groups is 2. The lowest BCUT2D eigenvalue weighted by Gasteiger charge is -2.27. The zero-order valence-electron chi connectivity index (χ0n) is 20.3. The number of morpholine rings is 1. The van der Waals surface area contributed by atoms with Crippen LogP contribution < -0.4 is 10.6 Å². The molecule has 0 unspecified atom stereocenters. The molecule has 36 heavy (non-hydrogen) atoms. The van der Waals surface area contributed by atoms with Crippen LogP contribution in [0.5, 0.6) is 0 Å². The molecule has 188 valence electrons. The number of H-pyrrole nitrogens is 1. The van der Waals surface area contributed by atoms with E-state index in [0.717, 1.165) is 55.9 Å². The summed E-state index contributed by atoms with van der Waals surface area (Å²) in [6.07, 6.45) is 6.62. The first-order valence-corrected chi connectivity index (χ1v) is 12.5. The number of carbonyl (C=O) groups excluding carboxylic acids is 2. The molecule has 3 amide bonds. The lowest BCUT2D eigenvalue weighted by atomic mass is 9.98. The Hall–Kier alpha value is -3.69. The summed E-state index contributed by atoms with van der Waals surface area (Å²) in [5.41, 5.74) is 4.77. The maximum absolute atomic E-state index is 12.8. The van der Waals surface area contributed by atoms with Crippen LogP contribution in [0.1, 0.15) is 27.9 Å². The average molecular weight is 489 g/mol. The molecule has 5 rings (SSSR count). The van der Waals surface area contributed by atoms with Crippen LogP contribution in [0.2, 0.25) is 0 Å². The third kappa shape index (κ3) is 5.75. The van der Waals surface area contributed by atoms with Crippen LogP contribution in [0.25, 0.3) is 16.6 Å². The average Bonchev–Trinajstić information content (AvgIpc) is 3.42. The van der Waals surface area contributed by atoms with E-state index in [1.807, 2.05) is 42.7 Å². The van der Waals surface area contributed by atoms with Crippen molar-refractivity contribution in [3.63, 3.8) is 0 Å². The van der Waals surface area contributed by atoms with E-state index in [0.29, 0.717) is 31.7 Å². The monoisotopic (exact) mass is 488 g/mol. The number of aromatic nitrogens is 2. The third-order valence-corrected chi connectivity index (χ3v) is 6.75. The molecule has 0 radical (unpaired) electrons. The Bertz CT molecular complexity index is 1250. The van der Waals surface area contributed by atoms with E-state index in [1.165, 1.54) is 11.1 Å². The van der Waals surface area contributed by atoms with Gasteiger partial charge in [-0.15, -0.1) is 0 Å². The quantitative estimate of drug-likeness (QED) is 0.475. The van der Waals surface area contributed by atoms with Crippen molar-refractivity contribution in [2.75, 3.05) is 52.5 Å². The lowest BCUT2D eigenvalue weighted by Crippen LogP contribution is -2.42. The Morgan fingerprint density at radius 2 is 1.97 bits per heavy atom. The van der Waals surface area contributed by atoms with Crippen molar-refractivity contribution in [3.05, 3.63) is 71.6 Å². The Balaban J connectivity index is 1.10. The van der Waals surface area contributed by atoms with Gasteiger partial charge in [0.2, 0.25) is 0 Å². The van der Waals surface area contributed by atoms with Gasteiger partial charge in [-0.05, 0) is 47.4 Å². The Morgan fingerprint density at radius 3 is 2.81 bits per heavy atom. The molecule has 2 aromatic heterocycles. The topological polar surface area (TPSA) is 103 Å². The van der Waals surface area contributed by atoms with Gasteiger partial charge in [-0.1, -0.05) is 18.2 Å². The maximum Gasteiger partial charge on any atom is 0.317 e. The largest absolute Gasteiger partial charge is 0.379 e. The van der Waals surface area contributed by atoms with Gasteiger partial charge in [0, 0.05) is 69.2 Å². The first kappa shape index (κ1) is 24.0. The molecule has 2 aliphatic heterocycles. The second kappa shape index (κ2) is 11.4. The van der Waals surface area contributed by atoms with Gasteiger partial charge < -0.3 is 25.3 Å². The zero-order valence-corrected chi connectivity index (χ0v) is 20.3. The summed E-state index contributed by atoms with van der Waals surface area (Å²) in [5, 5.41) is 7.08. The Labute approximate surface area is 210 Å². The zero-order chi connectivity index (χ0) is 24.7. The van der Waals surface area contributed by atoms with Gasteiger partial charge in [-0.3, -0.25) is 9.69 Å². The summed E-state index contributed by atoms with van der Waals surface area (Å²) >= 11 is 0. The lowest BCUT2D eigenvalue weighted by molar-refractivity contribution is 0.0383. The summed E-state index contributed by atoms with van der Waals surface area (Å²) in [7, 11) is 0. The molecule has 0 atom stereocenters. The number of amides is 3. The number of nitrogens with zero attached hydrogens (tertiary/aromatic N) is 3. The molecule has 0 spiro atoms. The van der Waals surface area contributed by atoms with Crippen molar-refractivity contribution in [2.45, 2.75) is 13.0 Å². The minimum Gasteiger partial charge on any atom is -0.379 e. The number of hydrogen-bond donors (Lipinski definition) is 3. The van der Waals surface area contributed by atoms with Crippen LogP contribution in [0.15, 0.2) is 54.9 Å². The van der Waals surface area contributed by atoms with Gasteiger partial charge in [0.15, 0.2) is 0 Å². The molecule has 0 saturated carbocycles. The van der Waals surface area contributed by atoms with Gasteiger partial charge in [-0.2, -0.15) is 0 Å². The highest BCUT2D eigenvalue weighted by atomic mass is 16.5. The molecule has 0 aliphatic carbocycles. The maximum atomic E-state index is 12.8. The minimum absolute atomic E-state index is 0.0993. The van der Waals surface area contributed by atoms with Crippen molar-refractivity contribution >= 4 is 28.5 Å². The van der Waals surface area contributed by atoms with Crippen LogP contribution in [-0.4, -0.2) is 84.2 Å². The number of ether oxygens (including phenoxy) is 1. The molecular formula is C27H32N6O3. The fourth-order valence-electron chi connectivity index (χ4n) is 4.71. The predicted molar refractivity (Wildman–Crippen MR) is 139 cm³/mol. The first-order chi connectivity index (χ1) is 17.7. The van der Waals surface area contributed by atoms with Crippen molar-refractivity contribution in [3.8, 4) is 0 Å². The van der Waals surface area contributed by atoms with Gasteiger partial charge >= 0.3 is 6.03 Å². The second-order valence-corrected chi connectivity index (χ2v) is 9.09. The number of rotatable bonds is 7. The van der Waals surface area contributed by atoms with Crippen LogP contribution in [0, 0.1) is 0 Å². The molecule has 9 nitrogen and oxygen atoms in total. The molecule has 3 N–H and O–H groups in total. The molecular weight excluding hydrogens is 456 g/mol. The summed E-state index contributed by atoms with van der Waals surface area (Å²) in [4.78, 5) is 36.9. The SMILES string of the molecule is O=C(NCCN1CCOCC1)c1cccc(CNC(=O)N2CC=C(c3ccnc4[nH]ccc34)CC2)c1. The van der Waals surface area contributed by atoms with Crippen molar-refractivity contribution in [2.24, 2.45) is 0 Å². The van der Waals surface area contributed by atoms with Crippen molar-refractivity contribution in [1.82, 2.24) is 30.4 Å². The standard InChI is InChI=1S/C27H32N6O3/c34-26(30-10-13-32-14-16-36-17-15-32)22-3-1-2-20(18-22)19-31-27(35)33-11-6-21(7-12-33)23-4-8-28-25-24(23)5-9-29-25/h1-6,8-9,18H,7,10-17,19H2,(H,28,29)(H,30,34)(H,31,35). The Morgan fingerprint density at radius 1 is 1.08 bits per heavy atom. The molecule has 1 saturated heterocycles. The molecule has 4 heterocycles. The molecule has 9 heteroatoms. The Kier molecular flexibility index (Phi) is 7.58. The van der Waals surface area contributed by atoms with Crippen LogP contribution in [0.3, 0.4) is 0 Å². The smallest absolute Gasteiger partial charge is 0.317 e. The fourth-order valence-corrected chi connectivity index (χ4v) is 4.71. The van der Waals surface area contributed by atoms with Gasteiger partial charge in [-0.25, -0.2) is 9.78 Å². The third-order valence-electron chi connectivity index (χ3n) is 6.75. The summed E-state index contributed by atoms with van der Waals surface area (Å²) in [6, 6.07) is 11.4. The summed E-state index contributed by atoms with van der Waals surface area (Å²) in [5.74, 6) is -0.0993. The van der Waals surface area contributed by atoms with Crippen LogP contribution >= 0.6 is 0 Å².